The lowest BCUT2D eigenvalue weighted by Crippen LogP contribution is -2.20. The molecule has 1 aromatic heterocycles. The van der Waals surface area contributed by atoms with Gasteiger partial charge in [-0.2, -0.15) is 0 Å². The van der Waals surface area contributed by atoms with Gasteiger partial charge in [-0.1, -0.05) is 18.2 Å². The number of hydrogen-bond acceptors (Lipinski definition) is 4. The van der Waals surface area contributed by atoms with Gasteiger partial charge in [-0.3, -0.25) is 0 Å². The summed E-state index contributed by atoms with van der Waals surface area (Å²) in [6, 6.07) is 13.5. The Morgan fingerprint density at radius 3 is 2.62 bits per heavy atom. The summed E-state index contributed by atoms with van der Waals surface area (Å²) < 4.78 is 0. The first-order valence-corrected chi connectivity index (χ1v) is 6.86. The summed E-state index contributed by atoms with van der Waals surface area (Å²) in [5.41, 5.74) is 2.09. The first-order chi connectivity index (χ1) is 10.2. The van der Waals surface area contributed by atoms with Crippen molar-refractivity contribution >= 4 is 17.3 Å². The Bertz CT molecular complexity index is 570. The number of rotatable bonds is 7. The van der Waals surface area contributed by atoms with Crippen LogP contribution in [0.5, 0.6) is 0 Å². The van der Waals surface area contributed by atoms with Crippen LogP contribution in [0, 0.1) is 0 Å². The number of nitrogens with one attached hydrogen (secondary N) is 1. The van der Waals surface area contributed by atoms with Crippen LogP contribution >= 0.6 is 0 Å². The van der Waals surface area contributed by atoms with E-state index in [-0.39, 0.29) is 5.69 Å². The third-order valence-electron chi connectivity index (χ3n) is 3.18. The van der Waals surface area contributed by atoms with Crippen LogP contribution in [0.1, 0.15) is 16.9 Å². The summed E-state index contributed by atoms with van der Waals surface area (Å²) in [5.74, 6) is -1.01. The van der Waals surface area contributed by atoms with Crippen molar-refractivity contribution in [2.75, 3.05) is 30.4 Å². The van der Waals surface area contributed by atoms with Gasteiger partial charge in [-0.05, 0) is 30.7 Å². The van der Waals surface area contributed by atoms with Crippen LogP contribution in [0.15, 0.2) is 48.7 Å². The molecule has 5 nitrogen and oxygen atoms in total. The van der Waals surface area contributed by atoms with Gasteiger partial charge in [0.25, 0.3) is 0 Å². The van der Waals surface area contributed by atoms with Crippen molar-refractivity contribution < 1.29 is 9.90 Å². The summed E-state index contributed by atoms with van der Waals surface area (Å²) >= 11 is 0. The highest BCUT2D eigenvalue weighted by Gasteiger charge is 2.03. The molecule has 0 amide bonds. The number of aromatic nitrogens is 1. The molecule has 0 fully saturated rings. The number of pyridine rings is 1. The fraction of sp³-hybridized carbons (Fsp3) is 0.250. The minimum atomic E-state index is -1.01. The molecule has 5 heteroatoms. The second-order valence-electron chi connectivity index (χ2n) is 4.77. The number of anilines is 2. The monoisotopic (exact) mass is 285 g/mol. The summed E-state index contributed by atoms with van der Waals surface area (Å²) in [7, 11) is 2.07. The lowest BCUT2D eigenvalue weighted by Gasteiger charge is -2.19. The van der Waals surface area contributed by atoms with Crippen LogP contribution in [-0.2, 0) is 0 Å². The third kappa shape index (κ3) is 4.49. The summed E-state index contributed by atoms with van der Waals surface area (Å²) in [4.78, 5) is 16.8. The molecule has 0 unspecified atom stereocenters. The Labute approximate surface area is 124 Å². The molecule has 1 heterocycles. The molecular formula is C16H19N3O2. The molecule has 0 radical (unpaired) electrons. The van der Waals surface area contributed by atoms with Gasteiger partial charge in [0, 0.05) is 25.8 Å². The van der Waals surface area contributed by atoms with Crippen molar-refractivity contribution in [1.29, 1.82) is 0 Å². The highest BCUT2D eigenvalue weighted by Crippen LogP contribution is 2.11. The minimum Gasteiger partial charge on any atom is -0.477 e. The van der Waals surface area contributed by atoms with E-state index in [1.807, 2.05) is 18.2 Å². The zero-order valence-corrected chi connectivity index (χ0v) is 12.0. The zero-order chi connectivity index (χ0) is 15.1. The molecule has 2 rings (SSSR count). The number of benzene rings is 1. The second kappa shape index (κ2) is 7.28. The molecule has 1 aromatic carbocycles. The molecule has 21 heavy (non-hydrogen) atoms. The highest BCUT2D eigenvalue weighted by atomic mass is 16.4. The van der Waals surface area contributed by atoms with Gasteiger partial charge < -0.3 is 15.3 Å². The summed E-state index contributed by atoms with van der Waals surface area (Å²) in [5, 5.41) is 12.0. The number of nitrogens with zero attached hydrogens (tertiary/aromatic N) is 2. The van der Waals surface area contributed by atoms with Gasteiger partial charge in [0.2, 0.25) is 0 Å². The lowest BCUT2D eigenvalue weighted by molar-refractivity contribution is 0.0690. The van der Waals surface area contributed by atoms with E-state index in [0.29, 0.717) is 0 Å². The van der Waals surface area contributed by atoms with Crippen LogP contribution in [0.3, 0.4) is 0 Å². The number of aromatic carboxylic acids is 1. The van der Waals surface area contributed by atoms with E-state index in [2.05, 4.69) is 34.4 Å². The van der Waals surface area contributed by atoms with E-state index >= 15 is 0 Å². The van der Waals surface area contributed by atoms with Gasteiger partial charge in [-0.15, -0.1) is 0 Å². The molecule has 110 valence electrons. The molecule has 2 aromatic rings. The Morgan fingerprint density at radius 1 is 1.24 bits per heavy atom. The van der Waals surface area contributed by atoms with Crippen LogP contribution in [0.25, 0.3) is 0 Å². The van der Waals surface area contributed by atoms with Crippen molar-refractivity contribution in [3.05, 3.63) is 54.4 Å². The minimum absolute atomic E-state index is 0.0596. The zero-order valence-electron chi connectivity index (χ0n) is 12.0. The lowest BCUT2D eigenvalue weighted by atomic mass is 10.3. The first kappa shape index (κ1) is 14.8. The molecule has 0 saturated carbocycles. The number of para-hydroxylation sites is 1. The Balaban J connectivity index is 1.73. The summed E-state index contributed by atoms with van der Waals surface area (Å²) in [6.07, 6.45) is 2.52. The van der Waals surface area contributed by atoms with E-state index < -0.39 is 5.97 Å². The van der Waals surface area contributed by atoms with Gasteiger partial charge in [0.15, 0.2) is 0 Å². The Hall–Kier alpha value is -2.56. The maximum Gasteiger partial charge on any atom is 0.354 e. The molecule has 2 N–H and O–H groups in total. The smallest absolute Gasteiger partial charge is 0.354 e. The fourth-order valence-electron chi connectivity index (χ4n) is 1.99. The fourth-order valence-corrected chi connectivity index (χ4v) is 1.99. The molecule has 0 aliphatic heterocycles. The number of carboxylic acid groups (broad SMARTS) is 1. The predicted molar refractivity (Wildman–Crippen MR) is 84.0 cm³/mol. The van der Waals surface area contributed by atoms with E-state index in [4.69, 9.17) is 5.11 Å². The number of carboxylic acids is 1. The van der Waals surface area contributed by atoms with E-state index in [0.717, 1.165) is 25.2 Å². The maximum atomic E-state index is 10.7. The Kier molecular flexibility index (Phi) is 5.15. The number of hydrogen-bond donors (Lipinski definition) is 2. The number of carbonyl (C=O) groups is 1. The van der Waals surface area contributed by atoms with Crippen LogP contribution in [0.2, 0.25) is 0 Å². The first-order valence-electron chi connectivity index (χ1n) is 6.86. The van der Waals surface area contributed by atoms with Crippen LogP contribution in [0.4, 0.5) is 11.4 Å². The van der Waals surface area contributed by atoms with Gasteiger partial charge in [0.05, 0.1) is 11.9 Å². The van der Waals surface area contributed by atoms with Crippen molar-refractivity contribution in [3.8, 4) is 0 Å². The van der Waals surface area contributed by atoms with Gasteiger partial charge >= 0.3 is 5.97 Å². The van der Waals surface area contributed by atoms with Crippen molar-refractivity contribution in [3.63, 3.8) is 0 Å². The normalized spacial score (nSPS) is 10.1. The van der Waals surface area contributed by atoms with Crippen molar-refractivity contribution in [1.82, 2.24) is 4.98 Å². The topological polar surface area (TPSA) is 65.5 Å². The largest absolute Gasteiger partial charge is 0.477 e. The van der Waals surface area contributed by atoms with Crippen molar-refractivity contribution in [2.45, 2.75) is 6.42 Å². The molecule has 0 spiro atoms. The van der Waals surface area contributed by atoms with E-state index in [9.17, 15) is 4.79 Å². The molecule has 0 aliphatic rings. The average Bonchev–Trinajstić information content (AvgIpc) is 2.52. The standard InChI is InChI=1S/C16H19N3O2/c1-19(14-6-3-2-4-7-14)11-5-10-17-13-8-9-15(16(20)21)18-12-13/h2-4,6-9,12,17H,5,10-11H2,1H3,(H,20,21). The van der Waals surface area contributed by atoms with Gasteiger partial charge in [-0.25, -0.2) is 9.78 Å². The third-order valence-corrected chi connectivity index (χ3v) is 3.18. The second-order valence-corrected chi connectivity index (χ2v) is 4.77. The van der Waals surface area contributed by atoms with Crippen molar-refractivity contribution in [2.24, 2.45) is 0 Å². The van der Waals surface area contributed by atoms with Gasteiger partial charge in [0.1, 0.15) is 5.69 Å². The molecular weight excluding hydrogens is 266 g/mol. The van der Waals surface area contributed by atoms with E-state index in [1.54, 1.807) is 12.3 Å². The predicted octanol–water partition coefficient (Wildman–Crippen LogP) is 2.72. The Morgan fingerprint density at radius 2 is 2.00 bits per heavy atom. The maximum absolute atomic E-state index is 10.7. The molecule has 0 bridgehead atoms. The van der Waals surface area contributed by atoms with Crippen LogP contribution < -0.4 is 10.2 Å². The quantitative estimate of drug-likeness (QED) is 0.766. The highest BCUT2D eigenvalue weighted by molar-refractivity contribution is 5.85. The SMILES string of the molecule is CN(CCCNc1ccc(C(=O)O)nc1)c1ccccc1. The average molecular weight is 285 g/mol. The molecule has 0 saturated heterocycles. The van der Waals surface area contributed by atoms with E-state index in [1.165, 1.54) is 11.8 Å². The molecule has 0 aliphatic carbocycles. The summed E-state index contributed by atoms with van der Waals surface area (Å²) in [6.45, 7) is 1.75. The van der Waals surface area contributed by atoms with Crippen LogP contribution in [-0.4, -0.2) is 36.2 Å². The molecule has 0 atom stereocenters.